The summed E-state index contributed by atoms with van der Waals surface area (Å²) < 4.78 is 17.4. The summed E-state index contributed by atoms with van der Waals surface area (Å²) >= 11 is 0. The van der Waals surface area contributed by atoms with Crippen LogP contribution in [-0.4, -0.2) is 40.9 Å². The fourth-order valence-corrected chi connectivity index (χ4v) is 2.91. The lowest BCUT2D eigenvalue weighted by Gasteiger charge is -2.08. The van der Waals surface area contributed by atoms with Crippen LogP contribution in [0.1, 0.15) is 33.1 Å². The van der Waals surface area contributed by atoms with Crippen molar-refractivity contribution in [1.82, 2.24) is 20.0 Å². The van der Waals surface area contributed by atoms with Gasteiger partial charge in [0, 0.05) is 43.4 Å². The first-order chi connectivity index (χ1) is 13.5. The third-order valence-electron chi connectivity index (χ3n) is 4.31. The molecular formula is C20H24N4O4. The number of rotatable bonds is 8. The molecule has 0 atom stereocenters. The van der Waals surface area contributed by atoms with Crippen LogP contribution in [0.5, 0.6) is 5.88 Å². The smallest absolute Gasteiger partial charge is 0.253 e. The average Bonchev–Trinajstić information content (AvgIpc) is 3.23. The van der Waals surface area contributed by atoms with E-state index in [0.717, 1.165) is 22.7 Å². The minimum absolute atomic E-state index is 0.153. The zero-order chi connectivity index (χ0) is 20.1. The SMILES string of the molecule is COCCOc1ccc(CNC(=O)c2cc(C)n(-c3cc(C)on3)c2C)cn1. The number of nitrogens with zero attached hydrogens (tertiary/aromatic N) is 3. The van der Waals surface area contributed by atoms with Crippen molar-refractivity contribution < 1.29 is 18.8 Å². The Morgan fingerprint density at radius 2 is 2.04 bits per heavy atom. The number of carbonyl (C=O) groups excluding carboxylic acids is 1. The van der Waals surface area contributed by atoms with Crippen molar-refractivity contribution in [2.75, 3.05) is 20.3 Å². The molecule has 1 N–H and O–H groups in total. The number of hydrogen-bond donors (Lipinski definition) is 1. The van der Waals surface area contributed by atoms with Gasteiger partial charge < -0.3 is 19.3 Å². The zero-order valence-corrected chi connectivity index (χ0v) is 16.5. The molecule has 0 aliphatic heterocycles. The molecule has 0 aliphatic rings. The topological polar surface area (TPSA) is 91.4 Å². The molecule has 3 heterocycles. The molecule has 3 rings (SSSR count). The van der Waals surface area contributed by atoms with Crippen LogP contribution in [0.2, 0.25) is 0 Å². The molecule has 0 unspecified atom stereocenters. The maximum Gasteiger partial charge on any atom is 0.253 e. The Balaban J connectivity index is 1.64. The highest BCUT2D eigenvalue weighted by molar-refractivity contribution is 5.95. The summed E-state index contributed by atoms with van der Waals surface area (Å²) in [7, 11) is 1.62. The Hall–Kier alpha value is -3.13. The highest BCUT2D eigenvalue weighted by Gasteiger charge is 2.18. The Morgan fingerprint density at radius 1 is 1.21 bits per heavy atom. The van der Waals surface area contributed by atoms with Gasteiger partial charge in [0.25, 0.3) is 5.91 Å². The molecular weight excluding hydrogens is 360 g/mol. The molecule has 0 saturated heterocycles. The summed E-state index contributed by atoms with van der Waals surface area (Å²) in [5.74, 6) is 1.76. The van der Waals surface area contributed by atoms with Crippen molar-refractivity contribution in [3.05, 3.63) is 58.7 Å². The van der Waals surface area contributed by atoms with E-state index >= 15 is 0 Å². The third kappa shape index (κ3) is 4.40. The standard InChI is InChI=1S/C20H24N4O4/c1-13-9-17(15(3)24(13)18-10-14(2)28-23-18)20(25)22-12-16-5-6-19(21-11-16)27-8-7-26-4/h5-6,9-11H,7-8,12H2,1-4H3,(H,22,25). The molecule has 0 aliphatic carbocycles. The van der Waals surface area contributed by atoms with Gasteiger partial charge in [-0.05, 0) is 32.4 Å². The van der Waals surface area contributed by atoms with E-state index in [4.69, 9.17) is 14.0 Å². The summed E-state index contributed by atoms with van der Waals surface area (Å²) in [5.41, 5.74) is 3.21. The van der Waals surface area contributed by atoms with E-state index in [-0.39, 0.29) is 5.91 Å². The van der Waals surface area contributed by atoms with E-state index < -0.39 is 0 Å². The van der Waals surface area contributed by atoms with E-state index in [0.29, 0.717) is 37.0 Å². The lowest BCUT2D eigenvalue weighted by atomic mass is 10.2. The monoisotopic (exact) mass is 384 g/mol. The first-order valence-electron chi connectivity index (χ1n) is 8.97. The van der Waals surface area contributed by atoms with Crippen LogP contribution in [-0.2, 0) is 11.3 Å². The zero-order valence-electron chi connectivity index (χ0n) is 16.5. The second-order valence-corrected chi connectivity index (χ2v) is 6.44. The van der Waals surface area contributed by atoms with Crippen LogP contribution >= 0.6 is 0 Å². The minimum atomic E-state index is -0.153. The number of carbonyl (C=O) groups is 1. The fourth-order valence-electron chi connectivity index (χ4n) is 2.91. The van der Waals surface area contributed by atoms with E-state index in [1.54, 1.807) is 19.4 Å². The van der Waals surface area contributed by atoms with Crippen LogP contribution in [0.4, 0.5) is 0 Å². The Kier molecular flexibility index (Phi) is 6.10. The van der Waals surface area contributed by atoms with Crippen molar-refractivity contribution in [3.63, 3.8) is 0 Å². The number of methoxy groups -OCH3 is 1. The minimum Gasteiger partial charge on any atom is -0.475 e. The fraction of sp³-hybridized carbons (Fsp3) is 0.350. The molecule has 0 spiro atoms. The summed E-state index contributed by atoms with van der Waals surface area (Å²) in [5, 5.41) is 6.97. The van der Waals surface area contributed by atoms with Gasteiger partial charge in [-0.3, -0.25) is 9.36 Å². The normalized spacial score (nSPS) is 10.9. The van der Waals surface area contributed by atoms with Gasteiger partial charge in [-0.2, -0.15) is 0 Å². The second-order valence-electron chi connectivity index (χ2n) is 6.44. The molecule has 0 aromatic carbocycles. The van der Waals surface area contributed by atoms with Gasteiger partial charge in [0.15, 0.2) is 5.82 Å². The third-order valence-corrected chi connectivity index (χ3v) is 4.31. The summed E-state index contributed by atoms with van der Waals surface area (Å²) in [6, 6.07) is 7.33. The van der Waals surface area contributed by atoms with Crippen molar-refractivity contribution >= 4 is 5.91 Å². The molecule has 8 nitrogen and oxygen atoms in total. The van der Waals surface area contributed by atoms with Gasteiger partial charge >= 0.3 is 0 Å². The number of amides is 1. The predicted molar refractivity (Wildman–Crippen MR) is 103 cm³/mol. The number of pyridine rings is 1. The summed E-state index contributed by atoms with van der Waals surface area (Å²) in [4.78, 5) is 16.9. The Labute approximate surface area is 163 Å². The molecule has 3 aromatic heterocycles. The molecule has 0 fully saturated rings. The molecule has 28 heavy (non-hydrogen) atoms. The molecule has 0 radical (unpaired) electrons. The average molecular weight is 384 g/mol. The van der Waals surface area contributed by atoms with E-state index in [9.17, 15) is 4.79 Å². The molecule has 1 amide bonds. The number of aromatic nitrogens is 3. The second kappa shape index (κ2) is 8.71. The van der Waals surface area contributed by atoms with E-state index in [1.807, 2.05) is 43.5 Å². The van der Waals surface area contributed by atoms with Crippen LogP contribution in [0.25, 0.3) is 5.82 Å². The quantitative estimate of drug-likeness (QED) is 0.601. The van der Waals surface area contributed by atoms with Crippen LogP contribution in [0, 0.1) is 20.8 Å². The first kappa shape index (κ1) is 19.6. The number of hydrogen-bond acceptors (Lipinski definition) is 6. The maximum absolute atomic E-state index is 12.7. The largest absolute Gasteiger partial charge is 0.475 e. The van der Waals surface area contributed by atoms with Gasteiger partial charge in [-0.25, -0.2) is 4.98 Å². The molecule has 8 heteroatoms. The van der Waals surface area contributed by atoms with Gasteiger partial charge in [-0.15, -0.1) is 0 Å². The summed E-state index contributed by atoms with van der Waals surface area (Å²) in [6.45, 7) is 6.98. The van der Waals surface area contributed by atoms with Gasteiger partial charge in [-0.1, -0.05) is 11.2 Å². The van der Waals surface area contributed by atoms with E-state index in [1.165, 1.54) is 0 Å². The first-order valence-corrected chi connectivity index (χ1v) is 8.97. The van der Waals surface area contributed by atoms with Crippen molar-refractivity contribution in [2.45, 2.75) is 27.3 Å². The number of nitrogens with one attached hydrogen (secondary N) is 1. The molecule has 3 aromatic rings. The Bertz CT molecular complexity index is 944. The van der Waals surface area contributed by atoms with Crippen molar-refractivity contribution in [2.24, 2.45) is 0 Å². The Morgan fingerprint density at radius 3 is 2.68 bits per heavy atom. The van der Waals surface area contributed by atoms with Crippen LogP contribution < -0.4 is 10.1 Å². The lowest BCUT2D eigenvalue weighted by molar-refractivity contribution is 0.0950. The summed E-state index contributed by atoms with van der Waals surface area (Å²) in [6.07, 6.45) is 1.68. The van der Waals surface area contributed by atoms with E-state index in [2.05, 4.69) is 15.5 Å². The molecule has 0 saturated carbocycles. The molecule has 148 valence electrons. The van der Waals surface area contributed by atoms with Crippen molar-refractivity contribution in [3.8, 4) is 11.7 Å². The maximum atomic E-state index is 12.7. The van der Waals surface area contributed by atoms with Gasteiger partial charge in [0.1, 0.15) is 12.4 Å². The lowest BCUT2D eigenvalue weighted by Crippen LogP contribution is -2.23. The predicted octanol–water partition coefficient (Wildman–Crippen LogP) is 2.74. The number of aryl methyl sites for hydroxylation is 2. The van der Waals surface area contributed by atoms with Crippen LogP contribution in [0.3, 0.4) is 0 Å². The van der Waals surface area contributed by atoms with Gasteiger partial charge in [0.05, 0.1) is 12.2 Å². The van der Waals surface area contributed by atoms with Gasteiger partial charge in [0.2, 0.25) is 5.88 Å². The number of ether oxygens (including phenoxy) is 2. The molecule has 0 bridgehead atoms. The highest BCUT2D eigenvalue weighted by atomic mass is 16.5. The van der Waals surface area contributed by atoms with Crippen molar-refractivity contribution in [1.29, 1.82) is 0 Å². The highest BCUT2D eigenvalue weighted by Crippen LogP contribution is 2.20. The van der Waals surface area contributed by atoms with Crippen LogP contribution in [0.15, 0.2) is 35.0 Å².